The normalized spacial score (nSPS) is 8.19. The van der Waals surface area contributed by atoms with Crippen molar-refractivity contribution in [2.75, 3.05) is 0 Å². The van der Waals surface area contributed by atoms with Gasteiger partial charge in [-0.1, -0.05) is 91.0 Å². The minimum atomic E-state index is 0.167. The molecule has 0 aliphatic heterocycles. The predicted molar refractivity (Wildman–Crippen MR) is 127 cm³/mol. The molecule has 4 nitrogen and oxygen atoms in total. The Morgan fingerprint density at radius 1 is 0.419 bits per heavy atom. The molecule has 4 aromatic rings. The summed E-state index contributed by atoms with van der Waals surface area (Å²) >= 11 is 0. The Morgan fingerprint density at radius 2 is 0.548 bits per heavy atom. The van der Waals surface area contributed by atoms with E-state index in [4.69, 9.17) is 15.3 Å². The van der Waals surface area contributed by atoms with Crippen molar-refractivity contribution in [2.24, 2.45) is 0 Å². The first-order valence-corrected chi connectivity index (χ1v) is 9.61. The summed E-state index contributed by atoms with van der Waals surface area (Å²) in [5.41, 5.74) is 0. The van der Waals surface area contributed by atoms with E-state index in [2.05, 4.69) is 0 Å². The van der Waals surface area contributed by atoms with Crippen LogP contribution in [0.5, 0.6) is 17.2 Å². The molecule has 31 heavy (non-hydrogen) atoms. The number of aromatic hydroxyl groups is 3. The van der Waals surface area contributed by atoms with Crippen molar-refractivity contribution in [1.82, 2.24) is 0 Å². The van der Waals surface area contributed by atoms with E-state index >= 15 is 0 Å². The maximum absolute atomic E-state index is 9.44. The molecule has 0 aromatic heterocycles. The zero-order valence-electron chi connectivity index (χ0n) is 17.9. The molecular formula is C27H30O4. The van der Waals surface area contributed by atoms with Gasteiger partial charge in [-0.2, -0.15) is 0 Å². The number of Topliss-reactive ketones (excluding diaryl/α,β-unsaturated/α-hetero) is 1. The van der Waals surface area contributed by atoms with Gasteiger partial charge in [0.25, 0.3) is 0 Å². The molecule has 0 saturated carbocycles. The van der Waals surface area contributed by atoms with Crippen LogP contribution in [0.2, 0.25) is 0 Å². The standard InChI is InChI=1S/3C6H6O.C6H6.C3H6O/c3*7-6-4-2-1-3-5-6;1-2-4-6-5-3-1;1-3(2)4/h3*1-5,7H;1-6H;1-2H3. The van der Waals surface area contributed by atoms with Gasteiger partial charge in [0.1, 0.15) is 23.0 Å². The van der Waals surface area contributed by atoms with Crippen molar-refractivity contribution in [3.63, 3.8) is 0 Å². The van der Waals surface area contributed by atoms with Crippen molar-refractivity contribution in [3.05, 3.63) is 127 Å². The molecule has 4 aromatic carbocycles. The molecule has 0 spiro atoms. The summed E-state index contributed by atoms with van der Waals surface area (Å²) < 4.78 is 0. The van der Waals surface area contributed by atoms with Crippen molar-refractivity contribution in [1.29, 1.82) is 0 Å². The fourth-order valence-corrected chi connectivity index (χ4v) is 1.67. The average molecular weight is 419 g/mol. The number of hydrogen-bond donors (Lipinski definition) is 3. The minimum Gasteiger partial charge on any atom is -0.508 e. The van der Waals surface area contributed by atoms with Crippen LogP contribution >= 0.6 is 0 Å². The highest BCUT2D eigenvalue weighted by atomic mass is 16.3. The monoisotopic (exact) mass is 418 g/mol. The van der Waals surface area contributed by atoms with Crippen LogP contribution in [0.3, 0.4) is 0 Å². The summed E-state index contributed by atoms with van der Waals surface area (Å²) in [6.07, 6.45) is 0. The SMILES string of the molecule is CC(C)=O.Oc1ccccc1.Oc1ccccc1.Oc1ccccc1.c1ccccc1. The smallest absolute Gasteiger partial charge is 0.126 e. The van der Waals surface area contributed by atoms with Crippen molar-refractivity contribution in [2.45, 2.75) is 13.8 Å². The fourth-order valence-electron chi connectivity index (χ4n) is 1.67. The molecule has 0 unspecified atom stereocenters. The largest absolute Gasteiger partial charge is 0.508 e. The molecule has 162 valence electrons. The Balaban J connectivity index is 0.000000368. The van der Waals surface area contributed by atoms with E-state index in [0.29, 0.717) is 17.2 Å². The summed E-state index contributed by atoms with van der Waals surface area (Å²) in [5, 5.41) is 25.9. The van der Waals surface area contributed by atoms with Crippen molar-refractivity contribution in [3.8, 4) is 17.2 Å². The molecule has 0 atom stereocenters. The first kappa shape index (κ1) is 27.0. The van der Waals surface area contributed by atoms with E-state index in [1.165, 1.54) is 13.8 Å². The summed E-state index contributed by atoms with van der Waals surface area (Å²) in [5.74, 6) is 1.13. The number of phenols is 3. The second-order valence-corrected chi connectivity index (χ2v) is 6.07. The van der Waals surface area contributed by atoms with Gasteiger partial charge in [-0.05, 0) is 50.2 Å². The number of hydrogen-bond acceptors (Lipinski definition) is 4. The van der Waals surface area contributed by atoms with Gasteiger partial charge < -0.3 is 20.1 Å². The quantitative estimate of drug-likeness (QED) is 0.306. The van der Waals surface area contributed by atoms with Gasteiger partial charge in [0, 0.05) is 0 Å². The third-order valence-electron chi connectivity index (χ3n) is 2.94. The highest BCUT2D eigenvalue weighted by Crippen LogP contribution is 2.04. The van der Waals surface area contributed by atoms with Gasteiger partial charge in [-0.3, -0.25) is 0 Å². The number of benzene rings is 4. The van der Waals surface area contributed by atoms with E-state index in [9.17, 15) is 4.79 Å². The zero-order chi connectivity index (χ0) is 23.2. The lowest BCUT2D eigenvalue weighted by Crippen LogP contribution is -1.69. The average Bonchev–Trinajstić information content (AvgIpc) is 2.78. The Kier molecular flexibility index (Phi) is 16.8. The number of carbonyl (C=O) groups excluding carboxylic acids is 1. The molecule has 0 amide bonds. The molecule has 0 heterocycles. The van der Waals surface area contributed by atoms with Crippen LogP contribution in [0.4, 0.5) is 0 Å². The van der Waals surface area contributed by atoms with E-state index in [1.54, 1.807) is 72.8 Å². The lowest BCUT2D eigenvalue weighted by Gasteiger charge is -1.82. The number of rotatable bonds is 0. The van der Waals surface area contributed by atoms with Crippen LogP contribution in [0.15, 0.2) is 127 Å². The highest BCUT2D eigenvalue weighted by molar-refractivity contribution is 5.72. The van der Waals surface area contributed by atoms with Gasteiger partial charge in [0.05, 0.1) is 0 Å². The Hall–Kier alpha value is -4.05. The molecule has 0 aliphatic carbocycles. The molecule has 4 heteroatoms. The molecule has 0 radical (unpaired) electrons. The topological polar surface area (TPSA) is 77.8 Å². The van der Waals surface area contributed by atoms with Crippen LogP contribution in [-0.2, 0) is 4.79 Å². The summed E-state index contributed by atoms with van der Waals surface area (Å²) in [6, 6.07) is 38.1. The lowest BCUT2D eigenvalue weighted by molar-refractivity contribution is -0.114. The van der Waals surface area contributed by atoms with Gasteiger partial charge in [0.15, 0.2) is 0 Å². The van der Waals surface area contributed by atoms with Gasteiger partial charge in [-0.25, -0.2) is 0 Å². The molecule has 4 rings (SSSR count). The van der Waals surface area contributed by atoms with Crippen LogP contribution in [-0.4, -0.2) is 21.1 Å². The lowest BCUT2D eigenvalue weighted by atomic mass is 10.3. The zero-order valence-corrected chi connectivity index (χ0v) is 17.9. The Bertz CT molecular complexity index is 761. The second kappa shape index (κ2) is 19.3. The third kappa shape index (κ3) is 22.1. The van der Waals surface area contributed by atoms with Gasteiger partial charge in [-0.15, -0.1) is 0 Å². The van der Waals surface area contributed by atoms with E-state index in [1.807, 2.05) is 54.6 Å². The van der Waals surface area contributed by atoms with Crippen LogP contribution in [0.25, 0.3) is 0 Å². The van der Waals surface area contributed by atoms with Crippen LogP contribution in [0, 0.1) is 0 Å². The first-order valence-electron chi connectivity index (χ1n) is 9.61. The third-order valence-corrected chi connectivity index (χ3v) is 2.94. The maximum Gasteiger partial charge on any atom is 0.126 e. The van der Waals surface area contributed by atoms with Crippen molar-refractivity contribution >= 4 is 5.78 Å². The Morgan fingerprint density at radius 3 is 0.645 bits per heavy atom. The molecule has 0 saturated heterocycles. The van der Waals surface area contributed by atoms with E-state index in [0.717, 1.165) is 0 Å². The summed E-state index contributed by atoms with van der Waals surface area (Å²) in [6.45, 7) is 3.06. The summed E-state index contributed by atoms with van der Waals surface area (Å²) in [4.78, 5) is 9.44. The molecule has 0 fully saturated rings. The van der Waals surface area contributed by atoms with E-state index in [-0.39, 0.29) is 5.78 Å². The minimum absolute atomic E-state index is 0.167. The van der Waals surface area contributed by atoms with Crippen molar-refractivity contribution < 1.29 is 20.1 Å². The fraction of sp³-hybridized carbons (Fsp3) is 0.0741. The van der Waals surface area contributed by atoms with Gasteiger partial charge >= 0.3 is 0 Å². The molecule has 3 N–H and O–H groups in total. The maximum atomic E-state index is 9.44. The number of phenolic OH excluding ortho intramolecular Hbond substituents is 3. The first-order chi connectivity index (χ1) is 14.9. The number of ketones is 1. The molecule has 0 aliphatic rings. The number of carbonyl (C=O) groups is 1. The second-order valence-electron chi connectivity index (χ2n) is 6.07. The Labute approximate surface area is 184 Å². The van der Waals surface area contributed by atoms with Crippen LogP contribution in [0.1, 0.15) is 13.8 Å². The van der Waals surface area contributed by atoms with E-state index < -0.39 is 0 Å². The van der Waals surface area contributed by atoms with Crippen LogP contribution < -0.4 is 0 Å². The highest BCUT2D eigenvalue weighted by Gasteiger charge is 1.76. The predicted octanol–water partition coefficient (Wildman–Crippen LogP) is 6.46. The summed E-state index contributed by atoms with van der Waals surface area (Å²) in [7, 11) is 0. The number of para-hydroxylation sites is 3. The van der Waals surface area contributed by atoms with Gasteiger partial charge in [0.2, 0.25) is 0 Å². The molecular weight excluding hydrogens is 388 g/mol. The molecule has 0 bridgehead atoms.